The van der Waals surface area contributed by atoms with Crippen molar-refractivity contribution < 1.29 is 72.5 Å². The molecule has 0 bridgehead atoms. The molecule has 67 heavy (non-hydrogen) atoms. The number of hydrogen-bond acceptors (Lipinski definition) is 28. The van der Waals surface area contributed by atoms with Crippen molar-refractivity contribution in [3.05, 3.63) is 0 Å². The fourth-order valence-electron chi connectivity index (χ4n) is 1.01. The van der Waals surface area contributed by atoms with E-state index in [0.29, 0.717) is 10.8 Å². The molecule has 0 spiro atoms. The van der Waals surface area contributed by atoms with Gasteiger partial charge in [-0.25, -0.2) is 60.4 Å². The minimum Gasteiger partial charge on any atom is -0.364 e. The van der Waals surface area contributed by atoms with Crippen LogP contribution in [0.1, 0.15) is 0 Å². The van der Waals surface area contributed by atoms with E-state index in [9.17, 15) is 55.1 Å². The van der Waals surface area contributed by atoms with Crippen molar-refractivity contribution in [2.24, 2.45) is 0 Å². The van der Waals surface area contributed by atoms with Crippen LogP contribution in [0.25, 0.3) is 0 Å². The van der Waals surface area contributed by atoms with Gasteiger partial charge in [0.05, 0.1) is 24.1 Å². The number of hydrogen-bond donors (Lipinski definition) is 2. The third kappa shape index (κ3) is 92.7. The van der Waals surface area contributed by atoms with Gasteiger partial charge in [-0.2, -0.15) is 12.7 Å². The predicted molar refractivity (Wildman–Crippen MR) is 323 cm³/mol. The first kappa shape index (κ1) is 93.2. The quantitative estimate of drug-likeness (QED) is 0.106. The number of thiocarbonyl (C=S) groups is 1. The van der Waals surface area contributed by atoms with Crippen LogP contribution in [-0.4, -0.2) is 228 Å². The van der Waals surface area contributed by atoms with Crippen molar-refractivity contribution in [2.45, 2.75) is 0 Å². The minimum atomic E-state index is -3.24. The van der Waals surface area contributed by atoms with Gasteiger partial charge in [-0.3, -0.25) is 8.37 Å². The molecule has 22 nitrogen and oxygen atoms in total. The van der Waals surface area contributed by atoms with Crippen molar-refractivity contribution in [2.75, 3.05) is 160 Å². The first-order valence-corrected chi connectivity index (χ1v) is 46.1. The topological polar surface area (TPSA) is 293 Å². The van der Waals surface area contributed by atoms with Gasteiger partial charge in [-0.1, -0.05) is 23.0 Å². The highest BCUT2D eigenvalue weighted by Crippen LogP contribution is 2.57. The minimum absolute atomic E-state index is 0.656. The third-order valence-electron chi connectivity index (χ3n) is 4.31. The Morgan fingerprint density at radius 2 is 1.03 bits per heavy atom. The zero-order chi connectivity index (χ0) is 56.4. The fourth-order valence-corrected chi connectivity index (χ4v) is 7.52. The molecule has 0 radical (unpaired) electrons. The lowest BCUT2D eigenvalue weighted by Gasteiger charge is -2.08. The second-order valence-electron chi connectivity index (χ2n) is 9.11. The number of nitrogens with zero attached hydrogens (tertiary/aromatic N) is 3. The molecule has 2 N–H and O–H groups in total. The zero-order valence-corrected chi connectivity index (χ0v) is 58.4. The van der Waals surface area contributed by atoms with E-state index in [0.717, 1.165) is 55.2 Å². The highest BCUT2D eigenvalue weighted by molar-refractivity contribution is 8.72. The maximum Gasteiger partial charge on any atom is 0.388 e. The van der Waals surface area contributed by atoms with Gasteiger partial charge in [0.1, 0.15) is 4.32 Å². The molecule has 0 aromatic rings. The Hall–Kier alpha value is 3.70. The molecule has 0 amide bonds. The van der Waals surface area contributed by atoms with E-state index >= 15 is 0 Å². The molecule has 4 unspecified atom stereocenters. The average molecular weight is 1360 g/mol. The van der Waals surface area contributed by atoms with Gasteiger partial charge in [-0.05, 0) is 164 Å². The highest BCUT2D eigenvalue weighted by atomic mass is 33.2. The van der Waals surface area contributed by atoms with Crippen molar-refractivity contribution in [1.29, 1.82) is 0 Å². The number of nitrogens with one attached hydrogen (secondary N) is 2. The van der Waals surface area contributed by atoms with Gasteiger partial charge in [0.15, 0.2) is 28.9 Å². The van der Waals surface area contributed by atoms with Crippen LogP contribution >= 0.6 is 129 Å². The van der Waals surface area contributed by atoms with Gasteiger partial charge in [0.2, 0.25) is 10.1 Å². The first-order chi connectivity index (χ1) is 30.2. The smallest absolute Gasteiger partial charge is 0.364 e. The first-order valence-electron chi connectivity index (χ1n) is 16.0. The maximum atomic E-state index is 10.8. The van der Waals surface area contributed by atoms with Crippen molar-refractivity contribution in [3.63, 3.8) is 0 Å². The molecule has 0 aromatic heterocycles. The third-order valence-corrected chi connectivity index (χ3v) is 28.9. The molecule has 0 rings (SSSR count). The van der Waals surface area contributed by atoms with E-state index in [2.05, 4.69) is 26.9 Å². The monoisotopic (exact) mass is 1350 g/mol. The van der Waals surface area contributed by atoms with Crippen LogP contribution < -0.4 is 9.44 Å². The molecular formula is C25H74N5O17PS19. The summed E-state index contributed by atoms with van der Waals surface area (Å²) >= 11 is 7.54. The molecule has 0 heterocycles. The summed E-state index contributed by atoms with van der Waals surface area (Å²) in [6.07, 6.45) is 19.6. The predicted octanol–water partition coefficient (Wildman–Crippen LogP) is 5.32. The van der Waals surface area contributed by atoms with Crippen LogP contribution in [0.15, 0.2) is 0 Å². The van der Waals surface area contributed by atoms with Gasteiger partial charge in [0.25, 0.3) is 18.1 Å². The van der Waals surface area contributed by atoms with E-state index in [4.69, 9.17) is 12.2 Å². The Morgan fingerprint density at radius 3 is 1.03 bits per heavy atom. The van der Waals surface area contributed by atoms with Gasteiger partial charge in [-0.15, -0.1) is 11.8 Å². The Kier molecular flexibility index (Phi) is 84.3. The summed E-state index contributed by atoms with van der Waals surface area (Å²) in [7, 11) is 11.6. The summed E-state index contributed by atoms with van der Waals surface area (Å²) in [5.74, 6) is 0. The molecule has 0 saturated heterocycles. The Labute approximate surface area is 458 Å². The summed E-state index contributed by atoms with van der Waals surface area (Å²) in [5, 5.41) is 0. The molecule has 42 heteroatoms. The van der Waals surface area contributed by atoms with Gasteiger partial charge >= 0.3 is 15.9 Å². The molecule has 0 saturated carbocycles. The lowest BCUT2D eigenvalue weighted by molar-refractivity contribution is 0.295. The lowest BCUT2D eigenvalue weighted by Crippen LogP contribution is -2.17. The summed E-state index contributed by atoms with van der Waals surface area (Å²) in [6, 6.07) is 0. The Morgan fingerprint density at radius 1 is 0.642 bits per heavy atom. The largest absolute Gasteiger partial charge is 0.388 e. The molecule has 0 aromatic carbocycles. The highest BCUT2D eigenvalue weighted by Gasteiger charge is 2.17. The van der Waals surface area contributed by atoms with E-state index in [1.54, 1.807) is 62.2 Å². The Bertz CT molecular complexity index is 1610. The standard InChI is InChI=1S/C4H9NS2.C3H9NO2S2.C3H9NOS2.C3H9O3PS.C2H7NO2S2.C2H7NOS2.C2H6O3S2.2C2H6O2S2.C2H6OS2/c1-5(2)4(6)7-3;1-4(2)8(5,6)7-3;1-4(2)7(5)6-3;1-5-7(4,6-2)8-3;1-3-7(4,5)6-2;1-3-6(4)5-2;1-5-7(3,4)6-2;1-5-6(2,3)4;1-4-6(3)5-2;1-4-5(2)3/h1-3H3;1-3H3;1-3H3;1-3H3;3H,1-2H3;3H,1-2H3;1-2H3;2*1-2H3;1-2H3. The van der Waals surface area contributed by atoms with Crippen LogP contribution in [-0.2, 0) is 98.1 Å². The van der Waals surface area contributed by atoms with Gasteiger partial charge in [0, 0.05) is 69.0 Å². The second kappa shape index (κ2) is 60.6. The SMILES string of the molecule is CNS(=O)(=O)SC.CNS(=O)SC.COP(=O)(OC)SC.COS(=O)(=O)SC.COS(=O)SC.CSC(=S)N(C)C.CSS(=O)(=O)N(C)C.CSS(=O)N(C)C.CSS(C)(=O)=O.CSS(C)=O. The van der Waals surface area contributed by atoms with E-state index < -0.39 is 82.9 Å². The summed E-state index contributed by atoms with van der Waals surface area (Å²) < 4.78 is 159. The molecule has 0 aliphatic carbocycles. The Balaban J connectivity index is -0.0000000675. The van der Waals surface area contributed by atoms with Crippen molar-refractivity contribution in [1.82, 2.24) is 23.0 Å². The molecule has 420 valence electrons. The molecule has 0 aliphatic heterocycles. The average Bonchev–Trinajstić information content (AvgIpc) is 3.31. The van der Waals surface area contributed by atoms with Gasteiger partial charge < -0.3 is 13.9 Å². The normalized spacial score (nSPS) is 12.5. The summed E-state index contributed by atoms with van der Waals surface area (Å²) in [4.78, 5) is 1.92. The molecular weight excluding hydrogens is 1280 g/mol. The number of rotatable bonds is 17. The summed E-state index contributed by atoms with van der Waals surface area (Å²) in [5.41, 5.74) is 0. The molecule has 0 fully saturated rings. The molecule has 4 atom stereocenters. The van der Waals surface area contributed by atoms with Crippen molar-refractivity contribution in [3.8, 4) is 0 Å². The van der Waals surface area contributed by atoms with Crippen LogP contribution in [0.2, 0.25) is 0 Å². The van der Waals surface area contributed by atoms with E-state index in [-0.39, 0.29) is 0 Å². The summed E-state index contributed by atoms with van der Waals surface area (Å²) in [6.45, 7) is -2.75. The van der Waals surface area contributed by atoms with Crippen LogP contribution in [0.3, 0.4) is 0 Å². The lowest BCUT2D eigenvalue weighted by atomic mass is 11.0. The maximum absolute atomic E-state index is 10.8. The number of thioether (sulfide) groups is 1. The van der Waals surface area contributed by atoms with Crippen LogP contribution in [0.5, 0.6) is 0 Å². The van der Waals surface area contributed by atoms with Crippen LogP contribution in [0, 0.1) is 0 Å². The molecule has 0 aliphatic rings. The zero-order valence-electron chi connectivity index (χ0n) is 42.0. The second-order valence-corrected chi connectivity index (χ2v) is 44.3. The van der Waals surface area contributed by atoms with E-state index in [1.807, 2.05) is 37.8 Å². The van der Waals surface area contributed by atoms with Crippen LogP contribution in [0.4, 0.5) is 0 Å². The van der Waals surface area contributed by atoms with Crippen molar-refractivity contribution >= 4 is 209 Å². The fraction of sp³-hybridized carbons (Fsp3) is 0.960. The van der Waals surface area contributed by atoms with E-state index in [1.165, 1.54) is 121 Å².